The number of allylic oxidation sites excluding steroid dienone is 1. The van der Waals surface area contributed by atoms with Crippen molar-refractivity contribution in [3.05, 3.63) is 47.5 Å². The quantitative estimate of drug-likeness (QED) is 0.769. The maximum absolute atomic E-state index is 3.72. The Bertz CT molecular complexity index is 409. The van der Waals surface area contributed by atoms with Crippen LogP contribution in [-0.2, 0) is 5.41 Å². The highest BCUT2D eigenvalue weighted by molar-refractivity contribution is 5.32. The zero-order chi connectivity index (χ0) is 13.7. The van der Waals surface area contributed by atoms with Crippen LogP contribution in [0.25, 0.3) is 0 Å². The molecule has 1 heteroatoms. The molecule has 0 bridgehead atoms. The number of benzene rings is 1. The average molecular weight is 257 g/mol. The summed E-state index contributed by atoms with van der Waals surface area (Å²) < 4.78 is 0. The average Bonchev–Trinajstić information content (AvgIpc) is 2.89. The van der Waals surface area contributed by atoms with Crippen molar-refractivity contribution >= 4 is 0 Å². The molecule has 0 amide bonds. The zero-order valence-electron chi connectivity index (χ0n) is 12.6. The smallest absolute Gasteiger partial charge is 0.0349 e. The van der Waals surface area contributed by atoms with Gasteiger partial charge in [0.2, 0.25) is 0 Å². The second kappa shape index (κ2) is 6.38. The van der Waals surface area contributed by atoms with Gasteiger partial charge in [0.25, 0.3) is 0 Å². The van der Waals surface area contributed by atoms with Crippen LogP contribution in [0.3, 0.4) is 0 Å². The summed E-state index contributed by atoms with van der Waals surface area (Å²) in [6, 6.07) is 11.6. The molecule has 0 heterocycles. The van der Waals surface area contributed by atoms with Crippen molar-refractivity contribution in [2.75, 3.05) is 6.54 Å². The molecule has 1 N–H and O–H groups in total. The van der Waals surface area contributed by atoms with Gasteiger partial charge in [0, 0.05) is 11.5 Å². The summed E-state index contributed by atoms with van der Waals surface area (Å²) in [5.41, 5.74) is 3.22. The molecule has 1 aliphatic rings. The molecule has 1 aliphatic carbocycles. The molecular formula is C18H27N. The van der Waals surface area contributed by atoms with Gasteiger partial charge in [0.1, 0.15) is 0 Å². The van der Waals surface area contributed by atoms with Gasteiger partial charge in [-0.1, -0.05) is 61.7 Å². The minimum absolute atomic E-state index is 0.300. The van der Waals surface area contributed by atoms with Gasteiger partial charge in [-0.3, -0.25) is 0 Å². The van der Waals surface area contributed by atoms with Gasteiger partial charge >= 0.3 is 0 Å². The van der Waals surface area contributed by atoms with E-state index in [0.29, 0.717) is 11.5 Å². The Balaban J connectivity index is 2.40. The second-order valence-electron chi connectivity index (χ2n) is 6.01. The molecule has 1 aromatic rings. The van der Waals surface area contributed by atoms with E-state index in [1.54, 1.807) is 0 Å². The zero-order valence-corrected chi connectivity index (χ0v) is 12.6. The summed E-state index contributed by atoms with van der Waals surface area (Å²) in [6.07, 6.45) is 7.75. The molecule has 2 rings (SSSR count). The summed E-state index contributed by atoms with van der Waals surface area (Å²) >= 11 is 0. The predicted octanol–water partition coefficient (Wildman–Crippen LogP) is 4.44. The van der Waals surface area contributed by atoms with Crippen molar-refractivity contribution in [3.63, 3.8) is 0 Å². The minimum atomic E-state index is 0.300. The fourth-order valence-corrected chi connectivity index (χ4v) is 3.52. The van der Waals surface area contributed by atoms with E-state index in [9.17, 15) is 0 Å². The van der Waals surface area contributed by atoms with Crippen LogP contribution in [0.1, 0.15) is 52.0 Å². The van der Waals surface area contributed by atoms with Crippen molar-refractivity contribution in [2.45, 2.75) is 57.9 Å². The maximum atomic E-state index is 3.72. The Labute approximate surface area is 118 Å². The molecule has 0 aliphatic heterocycles. The SMILES string of the molecule is CCNC(C=C(C)C)C1(c2ccccc2)CCCC1. The van der Waals surface area contributed by atoms with Crippen LogP contribution in [0.5, 0.6) is 0 Å². The normalized spacial score (nSPS) is 19.1. The summed E-state index contributed by atoms with van der Waals surface area (Å²) in [5, 5.41) is 3.72. The van der Waals surface area contributed by atoms with E-state index in [1.165, 1.54) is 36.8 Å². The van der Waals surface area contributed by atoms with E-state index >= 15 is 0 Å². The third-order valence-electron chi connectivity index (χ3n) is 4.36. The molecule has 0 radical (unpaired) electrons. The molecule has 0 aromatic heterocycles. The van der Waals surface area contributed by atoms with Crippen LogP contribution in [0.2, 0.25) is 0 Å². The number of nitrogens with one attached hydrogen (secondary N) is 1. The number of likely N-dealkylation sites (N-methyl/N-ethyl adjacent to an activating group) is 1. The summed E-state index contributed by atoms with van der Waals surface area (Å²) in [7, 11) is 0. The number of hydrogen-bond acceptors (Lipinski definition) is 1. The van der Waals surface area contributed by atoms with Gasteiger partial charge in [-0.15, -0.1) is 0 Å². The van der Waals surface area contributed by atoms with E-state index in [4.69, 9.17) is 0 Å². The topological polar surface area (TPSA) is 12.0 Å². The van der Waals surface area contributed by atoms with Crippen molar-refractivity contribution in [1.29, 1.82) is 0 Å². The van der Waals surface area contributed by atoms with Crippen LogP contribution in [0.4, 0.5) is 0 Å². The third kappa shape index (κ3) is 3.09. The fourth-order valence-electron chi connectivity index (χ4n) is 3.52. The molecule has 1 atom stereocenters. The van der Waals surface area contributed by atoms with Gasteiger partial charge in [-0.25, -0.2) is 0 Å². The lowest BCUT2D eigenvalue weighted by atomic mass is 9.72. The molecule has 1 saturated carbocycles. The summed E-state index contributed by atoms with van der Waals surface area (Å²) in [5.74, 6) is 0. The summed E-state index contributed by atoms with van der Waals surface area (Å²) in [4.78, 5) is 0. The van der Waals surface area contributed by atoms with E-state index in [2.05, 4.69) is 62.5 Å². The number of hydrogen-bond donors (Lipinski definition) is 1. The van der Waals surface area contributed by atoms with E-state index in [-0.39, 0.29) is 0 Å². The van der Waals surface area contributed by atoms with Gasteiger partial charge in [-0.2, -0.15) is 0 Å². The molecule has 1 nitrogen and oxygen atoms in total. The van der Waals surface area contributed by atoms with Crippen LogP contribution >= 0.6 is 0 Å². The van der Waals surface area contributed by atoms with E-state index in [1.807, 2.05) is 0 Å². The van der Waals surface area contributed by atoms with Crippen LogP contribution in [-0.4, -0.2) is 12.6 Å². The molecule has 104 valence electrons. The lowest BCUT2D eigenvalue weighted by Gasteiger charge is -2.37. The molecule has 0 spiro atoms. The number of rotatable bonds is 5. The molecule has 1 unspecified atom stereocenters. The second-order valence-corrected chi connectivity index (χ2v) is 6.01. The standard InChI is InChI=1S/C18H27N/c1-4-19-17(14-15(2)3)18(12-8-9-13-18)16-10-6-5-7-11-16/h5-7,10-11,14,17,19H,4,8-9,12-13H2,1-3H3. The summed E-state index contributed by atoms with van der Waals surface area (Å²) in [6.45, 7) is 7.65. The highest BCUT2D eigenvalue weighted by Gasteiger charge is 2.41. The first-order valence-electron chi connectivity index (χ1n) is 7.63. The highest BCUT2D eigenvalue weighted by atomic mass is 14.9. The predicted molar refractivity (Wildman–Crippen MR) is 83.5 cm³/mol. The first-order chi connectivity index (χ1) is 9.19. The Morgan fingerprint density at radius 3 is 2.37 bits per heavy atom. The molecule has 1 fully saturated rings. The minimum Gasteiger partial charge on any atom is -0.310 e. The lowest BCUT2D eigenvalue weighted by Crippen LogP contribution is -2.46. The lowest BCUT2D eigenvalue weighted by molar-refractivity contribution is 0.344. The van der Waals surface area contributed by atoms with Gasteiger partial charge in [-0.05, 0) is 38.8 Å². The Morgan fingerprint density at radius 1 is 1.21 bits per heavy atom. The van der Waals surface area contributed by atoms with Gasteiger partial charge < -0.3 is 5.32 Å². The first kappa shape index (κ1) is 14.3. The fraction of sp³-hybridized carbons (Fsp3) is 0.556. The van der Waals surface area contributed by atoms with Crippen LogP contribution < -0.4 is 5.32 Å². The van der Waals surface area contributed by atoms with Gasteiger partial charge in [0.05, 0.1) is 0 Å². The third-order valence-corrected chi connectivity index (χ3v) is 4.36. The monoisotopic (exact) mass is 257 g/mol. The highest BCUT2D eigenvalue weighted by Crippen LogP contribution is 2.44. The molecule has 19 heavy (non-hydrogen) atoms. The van der Waals surface area contributed by atoms with Gasteiger partial charge in [0.15, 0.2) is 0 Å². The van der Waals surface area contributed by atoms with Crippen molar-refractivity contribution < 1.29 is 0 Å². The molecule has 0 saturated heterocycles. The van der Waals surface area contributed by atoms with Crippen LogP contribution in [0, 0.1) is 0 Å². The Kier molecular flexibility index (Phi) is 4.81. The molecule has 1 aromatic carbocycles. The maximum Gasteiger partial charge on any atom is 0.0349 e. The van der Waals surface area contributed by atoms with E-state index in [0.717, 1.165) is 6.54 Å². The Hall–Kier alpha value is -1.08. The van der Waals surface area contributed by atoms with Crippen molar-refractivity contribution in [2.24, 2.45) is 0 Å². The molecular weight excluding hydrogens is 230 g/mol. The van der Waals surface area contributed by atoms with Crippen LogP contribution in [0.15, 0.2) is 42.0 Å². The first-order valence-corrected chi connectivity index (χ1v) is 7.63. The van der Waals surface area contributed by atoms with Crippen molar-refractivity contribution in [3.8, 4) is 0 Å². The van der Waals surface area contributed by atoms with Crippen molar-refractivity contribution in [1.82, 2.24) is 5.32 Å². The largest absolute Gasteiger partial charge is 0.310 e. The Morgan fingerprint density at radius 2 is 1.84 bits per heavy atom. The van der Waals surface area contributed by atoms with E-state index < -0.39 is 0 Å².